The van der Waals surface area contributed by atoms with Crippen LogP contribution < -0.4 is 16.2 Å². The average molecular weight is 380 g/mol. The molecule has 0 aliphatic carbocycles. The number of ether oxygens (including phenoxy) is 1. The van der Waals surface area contributed by atoms with E-state index in [1.54, 1.807) is 19.1 Å². The fraction of sp³-hybridized carbons (Fsp3) is 0.176. The number of pyridine rings is 1. The predicted molar refractivity (Wildman–Crippen MR) is 90.9 cm³/mol. The maximum Gasteiger partial charge on any atom is 0.573 e. The van der Waals surface area contributed by atoms with Crippen molar-refractivity contribution >= 4 is 5.82 Å². The molecule has 0 saturated heterocycles. The van der Waals surface area contributed by atoms with Gasteiger partial charge in [-0.25, -0.2) is 14.3 Å². The molecule has 2 aromatic heterocycles. The van der Waals surface area contributed by atoms with Gasteiger partial charge in [0, 0.05) is 6.20 Å². The van der Waals surface area contributed by atoms with E-state index in [-0.39, 0.29) is 18.1 Å². The number of rotatable bonds is 4. The number of aromatic nitrogens is 3. The zero-order chi connectivity index (χ0) is 19.8. The highest BCUT2D eigenvalue weighted by molar-refractivity contribution is 5.42. The lowest BCUT2D eigenvalue weighted by atomic mass is 10.2. The van der Waals surface area contributed by atoms with Gasteiger partial charge in [-0.1, -0.05) is 0 Å². The van der Waals surface area contributed by atoms with Crippen LogP contribution in [-0.4, -0.2) is 25.6 Å². The van der Waals surface area contributed by atoms with Gasteiger partial charge < -0.3 is 15.6 Å². The first-order chi connectivity index (χ1) is 12.7. The maximum absolute atomic E-state index is 12.7. The zero-order valence-corrected chi connectivity index (χ0v) is 14.1. The molecule has 0 spiro atoms. The Bertz CT molecular complexity index is 1020. The van der Waals surface area contributed by atoms with Gasteiger partial charge in [-0.15, -0.1) is 13.2 Å². The highest BCUT2D eigenvalue weighted by Gasteiger charge is 2.31. The minimum atomic E-state index is -4.81. The Balaban J connectivity index is 1.96. The molecule has 142 valence electrons. The first-order valence-corrected chi connectivity index (χ1v) is 7.73. The van der Waals surface area contributed by atoms with Crippen molar-refractivity contribution in [3.8, 4) is 17.3 Å². The van der Waals surface area contributed by atoms with E-state index in [1.807, 2.05) is 0 Å². The lowest BCUT2D eigenvalue weighted by Gasteiger charge is -2.09. The molecule has 0 saturated carbocycles. The Kier molecular flexibility index (Phi) is 4.56. The molecule has 0 bridgehead atoms. The number of benzene rings is 1. The minimum Gasteiger partial charge on any atom is -0.493 e. The molecule has 2 heterocycles. The van der Waals surface area contributed by atoms with Crippen molar-refractivity contribution < 1.29 is 23.0 Å². The molecule has 7 nitrogen and oxygen atoms in total. The molecule has 0 fully saturated rings. The van der Waals surface area contributed by atoms with E-state index in [2.05, 4.69) is 9.72 Å². The lowest BCUT2D eigenvalue weighted by Crippen LogP contribution is -2.24. The Labute approximate surface area is 151 Å². The largest absolute Gasteiger partial charge is 0.573 e. The van der Waals surface area contributed by atoms with Crippen LogP contribution in [0.5, 0.6) is 11.6 Å². The number of imidazole rings is 1. The van der Waals surface area contributed by atoms with E-state index in [0.717, 1.165) is 16.7 Å². The van der Waals surface area contributed by atoms with Crippen LogP contribution in [0.2, 0.25) is 0 Å². The van der Waals surface area contributed by atoms with Crippen LogP contribution in [0, 0.1) is 6.92 Å². The van der Waals surface area contributed by atoms with Gasteiger partial charge in [0.15, 0.2) is 0 Å². The summed E-state index contributed by atoms with van der Waals surface area (Å²) >= 11 is 0. The molecule has 0 amide bonds. The van der Waals surface area contributed by atoms with Crippen LogP contribution >= 0.6 is 0 Å². The number of halogens is 3. The fourth-order valence-electron chi connectivity index (χ4n) is 2.63. The third-order valence-electron chi connectivity index (χ3n) is 3.88. The third-order valence-corrected chi connectivity index (χ3v) is 3.88. The van der Waals surface area contributed by atoms with E-state index >= 15 is 0 Å². The third kappa shape index (κ3) is 3.89. The number of nitrogens with zero attached hydrogens (tertiary/aromatic N) is 3. The normalized spacial score (nSPS) is 11.6. The van der Waals surface area contributed by atoms with Crippen molar-refractivity contribution in [3.63, 3.8) is 0 Å². The number of hydrogen-bond donors (Lipinski definition) is 2. The van der Waals surface area contributed by atoms with Crippen molar-refractivity contribution in [3.05, 3.63) is 64.3 Å². The van der Waals surface area contributed by atoms with Gasteiger partial charge in [0.05, 0.1) is 17.9 Å². The second-order valence-electron chi connectivity index (χ2n) is 5.74. The van der Waals surface area contributed by atoms with Crippen molar-refractivity contribution in [1.29, 1.82) is 0 Å². The van der Waals surface area contributed by atoms with Gasteiger partial charge in [-0.3, -0.25) is 4.57 Å². The SMILES string of the molecule is Cc1c(O)n(-c2ccc(OC(F)(F)F)cc2)c(=O)n1Cc1ccnc(N)c1. The van der Waals surface area contributed by atoms with Crippen LogP contribution in [0.4, 0.5) is 19.0 Å². The Morgan fingerprint density at radius 3 is 2.48 bits per heavy atom. The predicted octanol–water partition coefficient (Wildman–Crippen LogP) is 2.58. The number of hydrogen-bond acceptors (Lipinski definition) is 5. The van der Waals surface area contributed by atoms with E-state index in [1.165, 1.54) is 22.9 Å². The van der Waals surface area contributed by atoms with E-state index in [9.17, 15) is 23.1 Å². The van der Waals surface area contributed by atoms with Gasteiger partial charge >= 0.3 is 12.1 Å². The summed E-state index contributed by atoms with van der Waals surface area (Å²) in [4.78, 5) is 16.6. The highest BCUT2D eigenvalue weighted by Crippen LogP contribution is 2.25. The molecule has 0 unspecified atom stereocenters. The van der Waals surface area contributed by atoms with Crippen LogP contribution in [-0.2, 0) is 6.54 Å². The molecule has 10 heteroatoms. The highest BCUT2D eigenvalue weighted by atomic mass is 19.4. The molecular weight excluding hydrogens is 365 g/mol. The van der Waals surface area contributed by atoms with Gasteiger partial charge in [0.1, 0.15) is 11.6 Å². The summed E-state index contributed by atoms with van der Waals surface area (Å²) in [7, 11) is 0. The number of alkyl halides is 3. The van der Waals surface area contributed by atoms with E-state index in [0.29, 0.717) is 17.1 Å². The summed E-state index contributed by atoms with van der Waals surface area (Å²) in [6.07, 6.45) is -3.31. The molecule has 3 rings (SSSR count). The number of nitrogens with two attached hydrogens (primary N) is 1. The van der Waals surface area contributed by atoms with Gasteiger partial charge in [0.2, 0.25) is 5.88 Å². The molecule has 0 aliphatic rings. The van der Waals surface area contributed by atoms with Crippen molar-refractivity contribution in [1.82, 2.24) is 14.1 Å². The summed E-state index contributed by atoms with van der Waals surface area (Å²) < 4.78 is 42.9. The van der Waals surface area contributed by atoms with Gasteiger partial charge in [0.25, 0.3) is 0 Å². The van der Waals surface area contributed by atoms with Crippen LogP contribution in [0.25, 0.3) is 5.69 Å². The average Bonchev–Trinajstić information content (AvgIpc) is 2.78. The van der Waals surface area contributed by atoms with E-state index in [4.69, 9.17) is 5.73 Å². The topological polar surface area (TPSA) is 95.3 Å². The zero-order valence-electron chi connectivity index (χ0n) is 14.1. The molecule has 1 aromatic carbocycles. The first-order valence-electron chi connectivity index (χ1n) is 7.73. The molecule has 3 aromatic rings. The second-order valence-corrected chi connectivity index (χ2v) is 5.74. The molecule has 27 heavy (non-hydrogen) atoms. The molecular formula is C17H15F3N4O3. The van der Waals surface area contributed by atoms with Crippen LogP contribution in [0.3, 0.4) is 0 Å². The van der Waals surface area contributed by atoms with Crippen LogP contribution in [0.15, 0.2) is 47.4 Å². The van der Waals surface area contributed by atoms with Gasteiger partial charge in [-0.2, -0.15) is 0 Å². The van der Waals surface area contributed by atoms with Crippen molar-refractivity contribution in [2.24, 2.45) is 0 Å². The van der Waals surface area contributed by atoms with E-state index < -0.39 is 17.8 Å². The summed E-state index contributed by atoms with van der Waals surface area (Å²) in [6.45, 7) is 1.70. The van der Waals surface area contributed by atoms with Crippen molar-refractivity contribution in [2.45, 2.75) is 19.8 Å². The number of nitrogen functional groups attached to an aromatic ring is 1. The second kappa shape index (κ2) is 6.71. The summed E-state index contributed by atoms with van der Waals surface area (Å²) in [5, 5.41) is 10.3. The molecule has 0 radical (unpaired) electrons. The smallest absolute Gasteiger partial charge is 0.493 e. The monoisotopic (exact) mass is 380 g/mol. The number of anilines is 1. The molecule has 0 aliphatic heterocycles. The standard InChI is InChI=1S/C17H15F3N4O3/c1-10-15(25)24(12-2-4-13(5-3-12)27-17(18,19)20)16(26)23(10)9-11-6-7-22-14(21)8-11/h2-8,25H,9H2,1H3,(H2,21,22). The number of aromatic hydroxyl groups is 1. The summed E-state index contributed by atoms with van der Waals surface area (Å²) in [5.41, 5.74) is 6.28. The Morgan fingerprint density at radius 2 is 1.89 bits per heavy atom. The maximum atomic E-state index is 12.7. The molecule has 3 N–H and O–H groups in total. The quantitative estimate of drug-likeness (QED) is 0.725. The first kappa shape index (κ1) is 18.4. The summed E-state index contributed by atoms with van der Waals surface area (Å²) in [5.74, 6) is -0.448. The minimum absolute atomic E-state index is 0.146. The fourth-order valence-corrected chi connectivity index (χ4v) is 2.63. The Morgan fingerprint density at radius 1 is 1.22 bits per heavy atom. The summed E-state index contributed by atoms with van der Waals surface area (Å²) in [6, 6.07) is 7.89. The van der Waals surface area contributed by atoms with Crippen LogP contribution in [0.1, 0.15) is 11.3 Å². The lowest BCUT2D eigenvalue weighted by molar-refractivity contribution is -0.274. The van der Waals surface area contributed by atoms with Gasteiger partial charge in [-0.05, 0) is 48.9 Å². The Hall–Kier alpha value is -3.43. The molecule has 0 atom stereocenters. The van der Waals surface area contributed by atoms with Crippen molar-refractivity contribution in [2.75, 3.05) is 5.73 Å².